The summed E-state index contributed by atoms with van der Waals surface area (Å²) in [7, 11) is 0. The fourth-order valence-corrected chi connectivity index (χ4v) is 3.33. The van der Waals surface area contributed by atoms with Gasteiger partial charge in [-0.25, -0.2) is 4.79 Å². The Balaban J connectivity index is 0.00000261. The van der Waals surface area contributed by atoms with Crippen LogP contribution >= 0.6 is 12.4 Å². The van der Waals surface area contributed by atoms with E-state index in [0.717, 1.165) is 24.2 Å². The molecule has 3 amide bonds. The zero-order chi connectivity index (χ0) is 18.5. The normalized spacial score (nSPS) is 19.4. The van der Waals surface area contributed by atoms with E-state index in [9.17, 15) is 14.4 Å². The maximum Gasteiger partial charge on any atom is 0.318 e. The molecule has 1 aromatic carbocycles. The van der Waals surface area contributed by atoms with Crippen molar-refractivity contribution in [1.82, 2.24) is 20.4 Å². The van der Waals surface area contributed by atoms with Crippen molar-refractivity contribution in [3.05, 3.63) is 35.4 Å². The molecule has 0 radical (unpaired) electrons. The summed E-state index contributed by atoms with van der Waals surface area (Å²) in [6, 6.07) is 7.17. The van der Waals surface area contributed by atoms with Gasteiger partial charge in [0.1, 0.15) is 6.54 Å². The summed E-state index contributed by atoms with van der Waals surface area (Å²) in [5.41, 5.74) is 1.88. The number of amides is 3. The van der Waals surface area contributed by atoms with Gasteiger partial charge in [0.2, 0.25) is 5.91 Å². The number of carboxylic acid groups (broad SMARTS) is 1. The van der Waals surface area contributed by atoms with Gasteiger partial charge >= 0.3 is 12.0 Å². The second kappa shape index (κ2) is 9.57. The maximum atomic E-state index is 12.5. The lowest BCUT2D eigenvalue weighted by Gasteiger charge is -2.30. The standard InChI is InChI=1S/C18H24N4O4.ClH/c23-16(21-9-7-19-8-10-21)12-22-15(11-20-18(22)26)14-4-1-13(2-5-14)3-6-17(24)25;/h1-2,4-5,15,19H,3,6-12H2,(H,20,26)(H,24,25);1H. The van der Waals surface area contributed by atoms with Crippen molar-refractivity contribution in [2.45, 2.75) is 18.9 Å². The number of rotatable bonds is 6. The SMILES string of the molecule is Cl.O=C(O)CCc1ccc(C2CNC(=O)N2CC(=O)N2CCNCC2)cc1. The van der Waals surface area contributed by atoms with Gasteiger partial charge in [-0.1, -0.05) is 24.3 Å². The van der Waals surface area contributed by atoms with E-state index < -0.39 is 5.97 Å². The van der Waals surface area contributed by atoms with Crippen LogP contribution in [0.2, 0.25) is 0 Å². The van der Waals surface area contributed by atoms with Crippen LogP contribution < -0.4 is 10.6 Å². The number of aryl methyl sites for hydroxylation is 1. The van der Waals surface area contributed by atoms with E-state index in [2.05, 4.69) is 10.6 Å². The Morgan fingerprint density at radius 3 is 2.44 bits per heavy atom. The molecule has 2 aliphatic heterocycles. The lowest BCUT2D eigenvalue weighted by Crippen LogP contribution is -2.50. The Hall–Kier alpha value is -2.32. The van der Waals surface area contributed by atoms with E-state index in [1.165, 1.54) is 0 Å². The second-order valence-corrected chi connectivity index (χ2v) is 6.60. The number of nitrogens with one attached hydrogen (secondary N) is 2. The molecule has 0 aromatic heterocycles. The molecule has 0 spiro atoms. The fraction of sp³-hybridized carbons (Fsp3) is 0.500. The first-order valence-electron chi connectivity index (χ1n) is 8.88. The van der Waals surface area contributed by atoms with Crippen molar-refractivity contribution in [3.63, 3.8) is 0 Å². The number of benzene rings is 1. The number of halogens is 1. The van der Waals surface area contributed by atoms with Crippen LogP contribution in [-0.2, 0) is 16.0 Å². The second-order valence-electron chi connectivity index (χ2n) is 6.60. The van der Waals surface area contributed by atoms with Crippen LogP contribution in [0.4, 0.5) is 4.79 Å². The molecule has 0 saturated carbocycles. The van der Waals surface area contributed by atoms with E-state index in [-0.39, 0.29) is 43.4 Å². The quantitative estimate of drug-likeness (QED) is 0.654. The fourth-order valence-electron chi connectivity index (χ4n) is 3.33. The number of carboxylic acids is 1. The third-order valence-electron chi connectivity index (χ3n) is 4.85. The average molecular weight is 397 g/mol. The summed E-state index contributed by atoms with van der Waals surface area (Å²) >= 11 is 0. The van der Waals surface area contributed by atoms with Gasteiger partial charge in [-0.3, -0.25) is 9.59 Å². The highest BCUT2D eigenvalue weighted by atomic mass is 35.5. The topological polar surface area (TPSA) is 102 Å². The van der Waals surface area contributed by atoms with Crippen molar-refractivity contribution in [2.24, 2.45) is 0 Å². The molecule has 0 aliphatic carbocycles. The van der Waals surface area contributed by atoms with E-state index in [0.29, 0.717) is 26.1 Å². The zero-order valence-electron chi connectivity index (χ0n) is 15.0. The first-order valence-corrected chi connectivity index (χ1v) is 8.88. The number of nitrogens with zero attached hydrogens (tertiary/aromatic N) is 2. The zero-order valence-corrected chi connectivity index (χ0v) is 15.8. The number of urea groups is 1. The molecule has 8 nitrogen and oxygen atoms in total. The molecule has 148 valence electrons. The molecule has 2 heterocycles. The molecule has 2 fully saturated rings. The summed E-state index contributed by atoms with van der Waals surface area (Å²) < 4.78 is 0. The van der Waals surface area contributed by atoms with Gasteiger partial charge in [0, 0.05) is 39.1 Å². The highest BCUT2D eigenvalue weighted by Gasteiger charge is 2.34. The molecule has 1 aromatic rings. The number of piperazine rings is 1. The highest BCUT2D eigenvalue weighted by Crippen LogP contribution is 2.25. The Morgan fingerprint density at radius 2 is 1.81 bits per heavy atom. The Bertz CT molecular complexity index is 676. The van der Waals surface area contributed by atoms with E-state index >= 15 is 0 Å². The van der Waals surface area contributed by atoms with Crippen molar-refractivity contribution < 1.29 is 19.5 Å². The van der Waals surface area contributed by atoms with Crippen molar-refractivity contribution in [2.75, 3.05) is 39.3 Å². The van der Waals surface area contributed by atoms with Gasteiger partial charge in [0.25, 0.3) is 0 Å². The van der Waals surface area contributed by atoms with Crippen LogP contribution in [0, 0.1) is 0 Å². The van der Waals surface area contributed by atoms with Crippen molar-refractivity contribution in [1.29, 1.82) is 0 Å². The minimum atomic E-state index is -0.822. The molecule has 27 heavy (non-hydrogen) atoms. The van der Waals surface area contributed by atoms with Crippen LogP contribution in [-0.4, -0.2) is 72.1 Å². The minimum Gasteiger partial charge on any atom is -0.481 e. The first kappa shape index (κ1) is 21.0. The average Bonchev–Trinajstić information content (AvgIpc) is 3.01. The van der Waals surface area contributed by atoms with Gasteiger partial charge in [0.15, 0.2) is 0 Å². The van der Waals surface area contributed by atoms with Crippen molar-refractivity contribution in [3.8, 4) is 0 Å². The Morgan fingerprint density at radius 1 is 1.15 bits per heavy atom. The molecule has 3 N–H and O–H groups in total. The van der Waals surface area contributed by atoms with Gasteiger partial charge in [-0.2, -0.15) is 0 Å². The van der Waals surface area contributed by atoms with E-state index in [1.54, 1.807) is 9.80 Å². The lowest BCUT2D eigenvalue weighted by molar-refractivity contribution is -0.137. The number of carbonyl (C=O) groups is 3. The Kier molecular flexibility index (Phi) is 7.44. The number of hydrogen-bond donors (Lipinski definition) is 3. The predicted octanol–water partition coefficient (Wildman–Crippen LogP) is 0.624. The van der Waals surface area contributed by atoms with Crippen LogP contribution in [0.3, 0.4) is 0 Å². The molecule has 9 heteroatoms. The number of carbonyl (C=O) groups excluding carboxylic acids is 2. The Labute approximate surface area is 164 Å². The van der Waals surface area contributed by atoms with E-state index in [4.69, 9.17) is 5.11 Å². The van der Waals surface area contributed by atoms with Gasteiger partial charge in [-0.15, -0.1) is 12.4 Å². The van der Waals surface area contributed by atoms with Gasteiger partial charge in [0.05, 0.1) is 6.04 Å². The van der Waals surface area contributed by atoms with E-state index in [1.807, 2.05) is 24.3 Å². The van der Waals surface area contributed by atoms with Crippen LogP contribution in [0.1, 0.15) is 23.6 Å². The monoisotopic (exact) mass is 396 g/mol. The van der Waals surface area contributed by atoms with Crippen LogP contribution in [0.25, 0.3) is 0 Å². The largest absolute Gasteiger partial charge is 0.481 e. The molecule has 1 atom stereocenters. The molecule has 1 unspecified atom stereocenters. The minimum absolute atomic E-state index is 0. The van der Waals surface area contributed by atoms with Crippen LogP contribution in [0.5, 0.6) is 0 Å². The molecular weight excluding hydrogens is 372 g/mol. The molecular formula is C18H25ClN4O4. The van der Waals surface area contributed by atoms with Crippen molar-refractivity contribution >= 4 is 30.3 Å². The van der Waals surface area contributed by atoms with Gasteiger partial charge < -0.3 is 25.5 Å². The third-order valence-corrected chi connectivity index (χ3v) is 4.85. The smallest absolute Gasteiger partial charge is 0.318 e. The lowest BCUT2D eigenvalue weighted by atomic mass is 10.0. The summed E-state index contributed by atoms with van der Waals surface area (Å²) in [6.07, 6.45) is 0.566. The first-order chi connectivity index (χ1) is 12.5. The summed E-state index contributed by atoms with van der Waals surface area (Å²) in [5, 5.41) is 14.8. The highest BCUT2D eigenvalue weighted by molar-refractivity contribution is 5.86. The van der Waals surface area contributed by atoms with Gasteiger partial charge in [-0.05, 0) is 17.5 Å². The number of hydrogen-bond acceptors (Lipinski definition) is 4. The molecule has 0 bridgehead atoms. The molecule has 2 aliphatic rings. The molecule has 2 saturated heterocycles. The predicted molar refractivity (Wildman–Crippen MR) is 102 cm³/mol. The summed E-state index contributed by atoms with van der Waals surface area (Å²) in [5.74, 6) is -0.858. The molecule has 3 rings (SSSR count). The summed E-state index contributed by atoms with van der Waals surface area (Å²) in [6.45, 7) is 3.41. The maximum absolute atomic E-state index is 12.5. The number of aliphatic carboxylic acids is 1. The van der Waals surface area contributed by atoms with Crippen LogP contribution in [0.15, 0.2) is 24.3 Å². The summed E-state index contributed by atoms with van der Waals surface area (Å²) in [4.78, 5) is 38.7. The third kappa shape index (κ3) is 5.33.